The van der Waals surface area contributed by atoms with E-state index in [0.29, 0.717) is 11.4 Å². The van der Waals surface area contributed by atoms with Crippen molar-refractivity contribution in [1.29, 1.82) is 0 Å². The number of ether oxygens (including phenoxy) is 1. The van der Waals surface area contributed by atoms with Crippen LogP contribution in [0.3, 0.4) is 0 Å². The van der Waals surface area contributed by atoms with Gasteiger partial charge >= 0.3 is 6.36 Å². The summed E-state index contributed by atoms with van der Waals surface area (Å²) in [6.45, 7) is 0. The summed E-state index contributed by atoms with van der Waals surface area (Å²) in [5.41, 5.74) is 0.849. The van der Waals surface area contributed by atoms with Gasteiger partial charge in [-0.05, 0) is 48.5 Å². The number of rotatable bonds is 5. The number of hydrogen-bond acceptors (Lipinski definition) is 4. The Hall–Kier alpha value is -2.75. The molecule has 6 nitrogen and oxygen atoms in total. The predicted molar refractivity (Wildman–Crippen MR) is 86.0 cm³/mol. The van der Waals surface area contributed by atoms with E-state index in [9.17, 15) is 26.4 Å². The number of carbonyl (C=O) groups is 1. The van der Waals surface area contributed by atoms with Gasteiger partial charge < -0.3 is 10.1 Å². The number of nitrogens with one attached hydrogen (secondary N) is 2. The van der Waals surface area contributed by atoms with Gasteiger partial charge in [-0.1, -0.05) is 0 Å². The van der Waals surface area contributed by atoms with Gasteiger partial charge in [0.1, 0.15) is 5.75 Å². The Balaban J connectivity index is 2.02. The van der Waals surface area contributed by atoms with Crippen LogP contribution in [0.25, 0.3) is 0 Å². The Bertz CT molecular complexity index is 848. The quantitative estimate of drug-likeness (QED) is 0.842. The molecule has 0 saturated carbocycles. The van der Waals surface area contributed by atoms with E-state index in [2.05, 4.69) is 14.8 Å². The molecule has 10 heteroatoms. The maximum absolute atomic E-state index is 12.1. The Morgan fingerprint density at radius 2 is 1.48 bits per heavy atom. The van der Waals surface area contributed by atoms with Gasteiger partial charge in [-0.25, -0.2) is 8.42 Å². The third kappa shape index (κ3) is 6.34. The molecule has 0 atom stereocenters. The molecular weight excluding hydrogens is 361 g/mol. The highest BCUT2D eigenvalue weighted by atomic mass is 32.2. The number of amides is 1. The molecule has 0 heterocycles. The summed E-state index contributed by atoms with van der Waals surface area (Å²) in [7, 11) is -3.40. The minimum absolute atomic E-state index is 0.132. The molecule has 1 amide bonds. The third-order valence-electron chi connectivity index (χ3n) is 2.80. The Kier molecular flexibility index (Phi) is 5.21. The Labute approximate surface area is 141 Å². The maximum atomic E-state index is 12.1. The standard InChI is InChI=1S/C15H13F3N2O4S/c1-25(22,23)20-12-6-4-11(5-7-12)19-14(21)10-2-8-13(9-3-10)24-15(16,17)18/h2-9,20H,1H3,(H,19,21). The van der Waals surface area contributed by atoms with E-state index < -0.39 is 28.0 Å². The van der Waals surface area contributed by atoms with Crippen LogP contribution < -0.4 is 14.8 Å². The second-order valence-corrected chi connectivity index (χ2v) is 6.73. The molecule has 0 spiro atoms. The molecule has 0 fully saturated rings. The molecule has 25 heavy (non-hydrogen) atoms. The summed E-state index contributed by atoms with van der Waals surface area (Å²) in [5.74, 6) is -0.970. The molecule has 2 rings (SSSR count). The summed E-state index contributed by atoms with van der Waals surface area (Å²) in [5, 5.41) is 2.54. The summed E-state index contributed by atoms with van der Waals surface area (Å²) in [4.78, 5) is 12.0. The van der Waals surface area contributed by atoms with Crippen LogP contribution in [0.5, 0.6) is 5.75 Å². The molecular formula is C15H13F3N2O4S. The van der Waals surface area contributed by atoms with Gasteiger partial charge in [-0.2, -0.15) is 0 Å². The Morgan fingerprint density at radius 3 is 1.96 bits per heavy atom. The van der Waals surface area contributed by atoms with Gasteiger partial charge in [0.05, 0.1) is 6.26 Å². The van der Waals surface area contributed by atoms with E-state index in [1.165, 1.54) is 36.4 Å². The van der Waals surface area contributed by atoms with Gasteiger partial charge in [0.15, 0.2) is 0 Å². The minimum Gasteiger partial charge on any atom is -0.406 e. The van der Waals surface area contributed by atoms with Crippen molar-refractivity contribution in [3.05, 3.63) is 54.1 Å². The lowest BCUT2D eigenvalue weighted by Crippen LogP contribution is -2.17. The number of sulfonamides is 1. The van der Waals surface area contributed by atoms with Gasteiger partial charge in [0.25, 0.3) is 5.91 Å². The van der Waals surface area contributed by atoms with Crippen LogP contribution >= 0.6 is 0 Å². The van der Waals surface area contributed by atoms with Crippen LogP contribution in [0.4, 0.5) is 24.5 Å². The maximum Gasteiger partial charge on any atom is 0.573 e. The van der Waals surface area contributed by atoms with Crippen molar-refractivity contribution >= 4 is 27.3 Å². The van der Waals surface area contributed by atoms with Crippen molar-refractivity contribution in [1.82, 2.24) is 0 Å². The van der Waals surface area contributed by atoms with E-state index >= 15 is 0 Å². The first-order valence-corrected chi connectivity index (χ1v) is 8.66. The van der Waals surface area contributed by atoms with Crippen molar-refractivity contribution in [2.45, 2.75) is 6.36 Å². The molecule has 0 radical (unpaired) electrons. The summed E-state index contributed by atoms with van der Waals surface area (Å²) in [6, 6.07) is 10.3. The highest BCUT2D eigenvalue weighted by Crippen LogP contribution is 2.23. The summed E-state index contributed by atoms with van der Waals surface area (Å²) >= 11 is 0. The Morgan fingerprint density at radius 1 is 0.960 bits per heavy atom. The van der Waals surface area contributed by atoms with Crippen molar-refractivity contribution in [2.75, 3.05) is 16.3 Å². The van der Waals surface area contributed by atoms with Crippen LogP contribution in [0.1, 0.15) is 10.4 Å². The first-order chi connectivity index (χ1) is 11.5. The molecule has 0 unspecified atom stereocenters. The van der Waals surface area contributed by atoms with Crippen LogP contribution in [0, 0.1) is 0 Å². The molecule has 0 saturated heterocycles. The lowest BCUT2D eigenvalue weighted by Gasteiger charge is -2.10. The lowest BCUT2D eigenvalue weighted by atomic mass is 10.2. The highest BCUT2D eigenvalue weighted by molar-refractivity contribution is 7.92. The molecule has 0 aliphatic rings. The van der Waals surface area contributed by atoms with Crippen LogP contribution in [0.15, 0.2) is 48.5 Å². The molecule has 2 aromatic carbocycles. The first-order valence-electron chi connectivity index (χ1n) is 6.77. The number of hydrogen-bond donors (Lipinski definition) is 2. The first kappa shape index (κ1) is 18.6. The second kappa shape index (κ2) is 7.01. The predicted octanol–water partition coefficient (Wildman–Crippen LogP) is 3.21. The fourth-order valence-corrected chi connectivity index (χ4v) is 2.41. The van der Waals surface area contributed by atoms with Gasteiger partial charge in [0, 0.05) is 16.9 Å². The number of anilines is 2. The van der Waals surface area contributed by atoms with Crippen molar-refractivity contribution in [2.24, 2.45) is 0 Å². The monoisotopic (exact) mass is 374 g/mol. The second-order valence-electron chi connectivity index (χ2n) is 4.98. The number of alkyl halides is 3. The molecule has 134 valence electrons. The zero-order chi connectivity index (χ0) is 18.7. The normalized spacial score (nSPS) is 11.7. The fraction of sp³-hybridized carbons (Fsp3) is 0.133. The van der Waals surface area contributed by atoms with Crippen LogP contribution in [-0.4, -0.2) is 26.9 Å². The topological polar surface area (TPSA) is 84.5 Å². The lowest BCUT2D eigenvalue weighted by molar-refractivity contribution is -0.274. The number of halogens is 3. The van der Waals surface area contributed by atoms with Crippen molar-refractivity contribution in [3.8, 4) is 5.75 Å². The molecule has 0 bridgehead atoms. The molecule has 0 aliphatic heterocycles. The number of benzene rings is 2. The smallest absolute Gasteiger partial charge is 0.406 e. The van der Waals surface area contributed by atoms with E-state index in [4.69, 9.17) is 0 Å². The molecule has 2 aromatic rings. The SMILES string of the molecule is CS(=O)(=O)Nc1ccc(NC(=O)c2ccc(OC(F)(F)F)cc2)cc1. The highest BCUT2D eigenvalue weighted by Gasteiger charge is 2.31. The average Bonchev–Trinajstić information content (AvgIpc) is 2.47. The van der Waals surface area contributed by atoms with Gasteiger partial charge in [-0.15, -0.1) is 13.2 Å². The summed E-state index contributed by atoms with van der Waals surface area (Å²) in [6.07, 6.45) is -3.79. The average molecular weight is 374 g/mol. The zero-order valence-electron chi connectivity index (χ0n) is 12.8. The van der Waals surface area contributed by atoms with Crippen molar-refractivity contribution < 1.29 is 31.1 Å². The van der Waals surface area contributed by atoms with Crippen LogP contribution in [0.2, 0.25) is 0 Å². The summed E-state index contributed by atoms with van der Waals surface area (Å²) < 4.78 is 64.4. The van der Waals surface area contributed by atoms with Gasteiger partial charge in [0.2, 0.25) is 10.0 Å². The molecule has 0 aromatic heterocycles. The zero-order valence-corrected chi connectivity index (χ0v) is 13.6. The minimum atomic E-state index is -4.80. The van der Waals surface area contributed by atoms with Gasteiger partial charge in [-0.3, -0.25) is 9.52 Å². The van der Waals surface area contributed by atoms with E-state index in [1.807, 2.05) is 0 Å². The van der Waals surface area contributed by atoms with Crippen LogP contribution in [-0.2, 0) is 10.0 Å². The number of carbonyl (C=O) groups excluding carboxylic acids is 1. The van der Waals surface area contributed by atoms with E-state index in [1.54, 1.807) is 0 Å². The fourth-order valence-electron chi connectivity index (χ4n) is 1.85. The third-order valence-corrected chi connectivity index (χ3v) is 3.40. The molecule has 0 aliphatic carbocycles. The van der Waals surface area contributed by atoms with Crippen molar-refractivity contribution in [3.63, 3.8) is 0 Å². The van der Waals surface area contributed by atoms with E-state index in [-0.39, 0.29) is 5.56 Å². The molecule has 2 N–H and O–H groups in total. The largest absolute Gasteiger partial charge is 0.573 e. The van der Waals surface area contributed by atoms with E-state index in [0.717, 1.165) is 18.4 Å².